The van der Waals surface area contributed by atoms with Crippen LogP contribution in [0.1, 0.15) is 57.0 Å². The number of nitrogens with one attached hydrogen (secondary N) is 1. The van der Waals surface area contributed by atoms with E-state index in [2.05, 4.69) is 23.8 Å². The van der Waals surface area contributed by atoms with Gasteiger partial charge in [0.2, 0.25) is 0 Å². The summed E-state index contributed by atoms with van der Waals surface area (Å²) in [4.78, 5) is 19.0. The normalized spacial score (nSPS) is 19.9. The van der Waals surface area contributed by atoms with Crippen LogP contribution < -0.4 is 5.56 Å². The van der Waals surface area contributed by atoms with Crippen LogP contribution in [-0.2, 0) is 11.3 Å². The molecule has 0 unspecified atom stereocenters. The fourth-order valence-electron chi connectivity index (χ4n) is 2.62. The van der Waals surface area contributed by atoms with E-state index in [9.17, 15) is 4.79 Å². The lowest BCUT2D eigenvalue weighted by Gasteiger charge is -2.33. The Morgan fingerprint density at radius 1 is 1.44 bits per heavy atom. The molecular formula is C14H22N2O2. The maximum Gasteiger partial charge on any atom is 0.251 e. The monoisotopic (exact) mass is 250 g/mol. The summed E-state index contributed by atoms with van der Waals surface area (Å²) in [5.41, 5.74) is 1.08. The van der Waals surface area contributed by atoms with E-state index >= 15 is 0 Å². The molecule has 1 heterocycles. The Morgan fingerprint density at radius 3 is 2.72 bits per heavy atom. The van der Waals surface area contributed by atoms with Gasteiger partial charge >= 0.3 is 0 Å². The number of hydrogen-bond donors (Lipinski definition) is 1. The van der Waals surface area contributed by atoms with Gasteiger partial charge in [-0.1, -0.05) is 13.8 Å². The van der Waals surface area contributed by atoms with Gasteiger partial charge in [0, 0.05) is 19.1 Å². The van der Waals surface area contributed by atoms with Gasteiger partial charge in [-0.05, 0) is 31.1 Å². The van der Waals surface area contributed by atoms with E-state index in [4.69, 9.17) is 4.74 Å². The van der Waals surface area contributed by atoms with Crippen LogP contribution in [0.15, 0.2) is 10.9 Å². The van der Waals surface area contributed by atoms with Crippen LogP contribution in [0.2, 0.25) is 0 Å². The Balaban J connectivity index is 2.16. The number of aromatic amines is 1. The Hall–Kier alpha value is -1.16. The molecule has 1 fully saturated rings. The molecule has 18 heavy (non-hydrogen) atoms. The molecule has 4 heteroatoms. The van der Waals surface area contributed by atoms with Crippen molar-refractivity contribution in [2.24, 2.45) is 5.41 Å². The summed E-state index contributed by atoms with van der Waals surface area (Å²) in [6, 6.07) is 1.51. The summed E-state index contributed by atoms with van der Waals surface area (Å²) in [5.74, 6) is 1.23. The van der Waals surface area contributed by atoms with Crippen LogP contribution in [0, 0.1) is 5.41 Å². The third-order valence-corrected chi connectivity index (χ3v) is 3.83. The third-order valence-electron chi connectivity index (χ3n) is 3.83. The van der Waals surface area contributed by atoms with Crippen molar-refractivity contribution >= 4 is 0 Å². The van der Waals surface area contributed by atoms with Crippen LogP contribution in [0.5, 0.6) is 0 Å². The molecule has 1 aromatic rings. The summed E-state index contributed by atoms with van der Waals surface area (Å²) < 4.78 is 5.04. The summed E-state index contributed by atoms with van der Waals surface area (Å²) in [6.07, 6.45) is 4.59. The zero-order valence-corrected chi connectivity index (χ0v) is 11.5. The minimum absolute atomic E-state index is 0.0723. The fourth-order valence-corrected chi connectivity index (χ4v) is 2.62. The predicted octanol–water partition coefficient (Wildman–Crippen LogP) is 2.60. The van der Waals surface area contributed by atoms with Gasteiger partial charge in [-0.15, -0.1) is 0 Å². The zero-order valence-electron chi connectivity index (χ0n) is 11.5. The lowest BCUT2D eigenvalue weighted by Crippen LogP contribution is -2.23. The number of ether oxygens (including phenoxy) is 1. The molecule has 100 valence electrons. The molecule has 0 atom stereocenters. The average Bonchev–Trinajstić information content (AvgIpc) is 2.28. The first-order chi connectivity index (χ1) is 8.50. The topological polar surface area (TPSA) is 55.0 Å². The van der Waals surface area contributed by atoms with Gasteiger partial charge in [-0.25, -0.2) is 4.98 Å². The van der Waals surface area contributed by atoms with Crippen LogP contribution in [-0.4, -0.2) is 17.1 Å². The molecule has 4 nitrogen and oxygen atoms in total. The van der Waals surface area contributed by atoms with E-state index in [0.29, 0.717) is 17.9 Å². The number of methoxy groups -OCH3 is 1. The third kappa shape index (κ3) is 3.19. The van der Waals surface area contributed by atoms with Crippen molar-refractivity contribution in [3.63, 3.8) is 0 Å². The highest BCUT2D eigenvalue weighted by Gasteiger charge is 2.28. The number of aromatic nitrogens is 2. The Labute approximate surface area is 108 Å². The first-order valence-corrected chi connectivity index (χ1v) is 6.59. The van der Waals surface area contributed by atoms with Gasteiger partial charge in [-0.3, -0.25) is 4.79 Å². The van der Waals surface area contributed by atoms with E-state index in [1.54, 1.807) is 7.11 Å². The summed E-state index contributed by atoms with van der Waals surface area (Å²) in [5, 5.41) is 0. The van der Waals surface area contributed by atoms with Crippen LogP contribution >= 0.6 is 0 Å². The second kappa shape index (κ2) is 5.22. The zero-order chi connectivity index (χ0) is 13.2. The molecule has 0 aliphatic heterocycles. The van der Waals surface area contributed by atoms with Gasteiger partial charge in [0.1, 0.15) is 5.82 Å². The average molecular weight is 250 g/mol. The molecule has 1 N–H and O–H groups in total. The second-order valence-corrected chi connectivity index (χ2v) is 5.99. The molecule has 0 saturated heterocycles. The first kappa shape index (κ1) is 13.3. The number of hydrogen-bond acceptors (Lipinski definition) is 3. The molecule has 1 aliphatic rings. The van der Waals surface area contributed by atoms with Crippen LogP contribution in [0.25, 0.3) is 0 Å². The molecule has 0 spiro atoms. The van der Waals surface area contributed by atoms with Crippen molar-refractivity contribution in [1.29, 1.82) is 0 Å². The maximum atomic E-state index is 11.6. The van der Waals surface area contributed by atoms with Crippen molar-refractivity contribution in [1.82, 2.24) is 9.97 Å². The molecule has 0 bridgehead atoms. The van der Waals surface area contributed by atoms with E-state index in [1.807, 2.05) is 0 Å². The van der Waals surface area contributed by atoms with Crippen LogP contribution in [0.4, 0.5) is 0 Å². The van der Waals surface area contributed by atoms with Gasteiger partial charge in [0.25, 0.3) is 5.56 Å². The van der Waals surface area contributed by atoms with Crippen LogP contribution in [0.3, 0.4) is 0 Å². The van der Waals surface area contributed by atoms with E-state index in [1.165, 1.54) is 18.9 Å². The number of nitrogens with zero attached hydrogens (tertiary/aromatic N) is 1. The molecule has 2 rings (SSSR count). The standard InChI is InChI=1S/C14H22N2O2/c1-14(2)6-4-10(5-7-14)13-15-11(9-18-3)8-12(17)16-13/h8,10H,4-7,9H2,1-3H3,(H,15,16,17). The quantitative estimate of drug-likeness (QED) is 0.897. The smallest absolute Gasteiger partial charge is 0.251 e. The molecule has 0 radical (unpaired) electrons. The van der Waals surface area contributed by atoms with E-state index < -0.39 is 0 Å². The van der Waals surface area contributed by atoms with Crippen molar-refractivity contribution in [2.75, 3.05) is 7.11 Å². The summed E-state index contributed by atoms with van der Waals surface area (Å²) in [7, 11) is 1.62. The first-order valence-electron chi connectivity index (χ1n) is 6.59. The lowest BCUT2D eigenvalue weighted by molar-refractivity contribution is 0.180. The van der Waals surface area contributed by atoms with Gasteiger partial charge in [-0.2, -0.15) is 0 Å². The highest BCUT2D eigenvalue weighted by atomic mass is 16.5. The minimum Gasteiger partial charge on any atom is -0.378 e. The molecule has 1 aromatic heterocycles. The van der Waals surface area contributed by atoms with Crippen molar-refractivity contribution < 1.29 is 4.74 Å². The molecule has 1 saturated carbocycles. The Kier molecular flexibility index (Phi) is 3.85. The summed E-state index contributed by atoms with van der Waals surface area (Å²) >= 11 is 0. The van der Waals surface area contributed by atoms with Crippen molar-refractivity contribution in [3.8, 4) is 0 Å². The van der Waals surface area contributed by atoms with Crippen molar-refractivity contribution in [2.45, 2.75) is 52.1 Å². The maximum absolute atomic E-state index is 11.6. The van der Waals surface area contributed by atoms with Gasteiger partial charge in [0.15, 0.2) is 0 Å². The largest absolute Gasteiger partial charge is 0.378 e. The number of rotatable bonds is 3. The molecular weight excluding hydrogens is 228 g/mol. The summed E-state index contributed by atoms with van der Waals surface area (Å²) in [6.45, 7) is 5.01. The Bertz CT molecular complexity index is 455. The molecule has 0 amide bonds. The lowest BCUT2D eigenvalue weighted by atomic mass is 9.73. The van der Waals surface area contributed by atoms with Gasteiger partial charge in [0.05, 0.1) is 12.3 Å². The van der Waals surface area contributed by atoms with E-state index in [-0.39, 0.29) is 5.56 Å². The number of H-pyrrole nitrogens is 1. The van der Waals surface area contributed by atoms with E-state index in [0.717, 1.165) is 24.4 Å². The molecule has 1 aliphatic carbocycles. The Morgan fingerprint density at radius 2 is 2.11 bits per heavy atom. The van der Waals surface area contributed by atoms with Gasteiger partial charge < -0.3 is 9.72 Å². The predicted molar refractivity (Wildman–Crippen MR) is 70.6 cm³/mol. The van der Waals surface area contributed by atoms with Crippen molar-refractivity contribution in [3.05, 3.63) is 27.9 Å². The highest BCUT2D eigenvalue weighted by Crippen LogP contribution is 2.41. The minimum atomic E-state index is -0.0723. The highest BCUT2D eigenvalue weighted by molar-refractivity contribution is 5.06. The SMILES string of the molecule is COCc1cc(=O)[nH]c(C2CCC(C)(C)CC2)n1. The fraction of sp³-hybridized carbons (Fsp3) is 0.714. The molecule has 0 aromatic carbocycles. The second-order valence-electron chi connectivity index (χ2n) is 5.99.